The second-order valence-electron chi connectivity index (χ2n) is 4.73. The Hall–Kier alpha value is -1.77. The molecular weight excluding hydrogens is 216 g/mol. The van der Waals surface area contributed by atoms with E-state index in [9.17, 15) is 4.79 Å². The third kappa shape index (κ3) is 1.93. The van der Waals surface area contributed by atoms with Crippen molar-refractivity contribution in [2.45, 2.75) is 25.2 Å². The Balaban J connectivity index is 2.04. The molecule has 1 aromatic heterocycles. The quantitative estimate of drug-likeness (QED) is 0.875. The van der Waals surface area contributed by atoms with Gasteiger partial charge in [-0.15, -0.1) is 0 Å². The van der Waals surface area contributed by atoms with Crippen molar-refractivity contribution < 1.29 is 14.3 Å². The monoisotopic (exact) mass is 230 g/mol. The topological polar surface area (TPSA) is 50.4 Å². The second-order valence-corrected chi connectivity index (χ2v) is 4.73. The van der Waals surface area contributed by atoms with Crippen LogP contribution in [0, 0.1) is 5.92 Å². The van der Waals surface area contributed by atoms with Gasteiger partial charge in [0.1, 0.15) is 5.58 Å². The van der Waals surface area contributed by atoms with Crippen molar-refractivity contribution >= 4 is 16.9 Å². The van der Waals surface area contributed by atoms with Crippen LogP contribution in [0.15, 0.2) is 34.9 Å². The molecule has 17 heavy (non-hydrogen) atoms. The lowest BCUT2D eigenvalue weighted by atomic mass is 9.90. The first-order valence-corrected chi connectivity index (χ1v) is 5.93. The van der Waals surface area contributed by atoms with E-state index in [4.69, 9.17) is 9.52 Å². The molecule has 1 unspecified atom stereocenters. The largest absolute Gasteiger partial charge is 0.481 e. The molecule has 1 aliphatic carbocycles. The summed E-state index contributed by atoms with van der Waals surface area (Å²) in [6.07, 6.45) is 4.13. The Morgan fingerprint density at radius 2 is 2.24 bits per heavy atom. The van der Waals surface area contributed by atoms with Crippen LogP contribution in [0.2, 0.25) is 0 Å². The summed E-state index contributed by atoms with van der Waals surface area (Å²) < 4.78 is 5.50. The summed E-state index contributed by atoms with van der Waals surface area (Å²) in [6, 6.07) is 7.89. The Bertz CT molecular complexity index is 551. The molecule has 1 aliphatic rings. The van der Waals surface area contributed by atoms with Crippen molar-refractivity contribution in [3.63, 3.8) is 0 Å². The van der Waals surface area contributed by atoms with E-state index < -0.39 is 5.97 Å². The standard InChI is InChI=1S/C14H14O3/c15-13(16)8-12(9-4-5-9)11-3-1-2-10-6-7-17-14(10)11/h1-3,6-7,9,12H,4-5,8H2,(H,15,16). The molecule has 3 nitrogen and oxygen atoms in total. The zero-order chi connectivity index (χ0) is 11.8. The number of carboxylic acid groups (broad SMARTS) is 1. The van der Waals surface area contributed by atoms with E-state index >= 15 is 0 Å². The van der Waals surface area contributed by atoms with Gasteiger partial charge in [-0.25, -0.2) is 0 Å². The molecule has 1 fully saturated rings. The molecule has 3 heteroatoms. The van der Waals surface area contributed by atoms with Crippen LogP contribution in [0.4, 0.5) is 0 Å². The van der Waals surface area contributed by atoms with Gasteiger partial charge in [-0.3, -0.25) is 4.79 Å². The number of fused-ring (bicyclic) bond motifs is 1. The first-order valence-electron chi connectivity index (χ1n) is 5.93. The molecular formula is C14H14O3. The molecule has 0 amide bonds. The van der Waals surface area contributed by atoms with Gasteiger partial charge in [0.2, 0.25) is 0 Å². The minimum Gasteiger partial charge on any atom is -0.481 e. The van der Waals surface area contributed by atoms with E-state index in [1.54, 1.807) is 6.26 Å². The van der Waals surface area contributed by atoms with E-state index in [1.807, 2.05) is 24.3 Å². The minimum atomic E-state index is -0.731. The molecule has 1 heterocycles. The SMILES string of the molecule is O=C(O)CC(c1cccc2ccoc12)C1CC1. The normalized spacial score (nSPS) is 17.2. The first kappa shape index (κ1) is 10.4. The fraction of sp³-hybridized carbons (Fsp3) is 0.357. The predicted molar refractivity (Wildman–Crippen MR) is 63.9 cm³/mol. The van der Waals surface area contributed by atoms with Crippen LogP contribution in [0.1, 0.15) is 30.7 Å². The Labute approximate surface area is 99.0 Å². The summed E-state index contributed by atoms with van der Waals surface area (Å²) in [4.78, 5) is 11.0. The Morgan fingerprint density at radius 3 is 2.94 bits per heavy atom. The lowest BCUT2D eigenvalue weighted by Crippen LogP contribution is -2.08. The summed E-state index contributed by atoms with van der Waals surface area (Å²) in [5.74, 6) is -0.116. The highest BCUT2D eigenvalue weighted by molar-refractivity contribution is 5.81. The second kappa shape index (κ2) is 3.91. The number of hydrogen-bond acceptors (Lipinski definition) is 2. The van der Waals surface area contributed by atoms with Crippen LogP contribution in [0.25, 0.3) is 11.0 Å². The van der Waals surface area contributed by atoms with Crippen LogP contribution < -0.4 is 0 Å². The van der Waals surface area contributed by atoms with Crippen LogP contribution >= 0.6 is 0 Å². The maximum atomic E-state index is 11.0. The summed E-state index contributed by atoms with van der Waals surface area (Å²) >= 11 is 0. The van der Waals surface area contributed by atoms with Crippen molar-refractivity contribution in [3.05, 3.63) is 36.1 Å². The molecule has 0 spiro atoms. The van der Waals surface area contributed by atoms with Crippen molar-refractivity contribution in [1.29, 1.82) is 0 Å². The lowest BCUT2D eigenvalue weighted by molar-refractivity contribution is -0.137. The molecule has 88 valence electrons. The van der Waals surface area contributed by atoms with Crippen LogP contribution in [0.3, 0.4) is 0 Å². The molecule has 0 saturated heterocycles. The number of furan rings is 1. The van der Waals surface area contributed by atoms with E-state index in [2.05, 4.69) is 0 Å². The van der Waals surface area contributed by atoms with Crippen molar-refractivity contribution in [3.8, 4) is 0 Å². The Kier molecular flexibility index (Phi) is 2.39. The van der Waals surface area contributed by atoms with Crippen LogP contribution in [-0.2, 0) is 4.79 Å². The average molecular weight is 230 g/mol. The highest BCUT2D eigenvalue weighted by atomic mass is 16.4. The number of aliphatic carboxylic acids is 1. The van der Waals surface area contributed by atoms with E-state index in [0.717, 1.165) is 29.4 Å². The first-order chi connectivity index (χ1) is 8.25. The van der Waals surface area contributed by atoms with Gasteiger partial charge in [0, 0.05) is 11.3 Å². The van der Waals surface area contributed by atoms with Gasteiger partial charge in [0.25, 0.3) is 0 Å². The molecule has 0 radical (unpaired) electrons. The average Bonchev–Trinajstić information content (AvgIpc) is 3.02. The maximum absolute atomic E-state index is 11.0. The number of carboxylic acids is 1. The van der Waals surface area contributed by atoms with Crippen molar-refractivity contribution in [1.82, 2.24) is 0 Å². The minimum absolute atomic E-state index is 0.0994. The highest BCUT2D eigenvalue weighted by Crippen LogP contribution is 2.46. The zero-order valence-electron chi connectivity index (χ0n) is 9.43. The number of rotatable bonds is 4. The molecule has 1 aromatic carbocycles. The van der Waals surface area contributed by atoms with Gasteiger partial charge in [-0.1, -0.05) is 18.2 Å². The van der Waals surface area contributed by atoms with Gasteiger partial charge in [-0.2, -0.15) is 0 Å². The summed E-state index contributed by atoms with van der Waals surface area (Å²) in [5.41, 5.74) is 1.91. The third-order valence-electron chi connectivity index (χ3n) is 3.49. The summed E-state index contributed by atoms with van der Waals surface area (Å²) in [6.45, 7) is 0. The summed E-state index contributed by atoms with van der Waals surface area (Å²) in [7, 11) is 0. The smallest absolute Gasteiger partial charge is 0.303 e. The molecule has 0 bridgehead atoms. The van der Waals surface area contributed by atoms with Crippen molar-refractivity contribution in [2.24, 2.45) is 5.92 Å². The number of para-hydroxylation sites is 1. The molecule has 3 rings (SSSR count). The molecule has 0 aliphatic heterocycles. The van der Waals surface area contributed by atoms with Gasteiger partial charge in [0.05, 0.1) is 12.7 Å². The number of carbonyl (C=O) groups is 1. The van der Waals surface area contributed by atoms with Gasteiger partial charge in [0.15, 0.2) is 0 Å². The van der Waals surface area contributed by atoms with Crippen LogP contribution in [0.5, 0.6) is 0 Å². The highest BCUT2D eigenvalue weighted by Gasteiger charge is 2.35. The molecule has 1 N–H and O–H groups in total. The van der Waals surface area contributed by atoms with Crippen molar-refractivity contribution in [2.75, 3.05) is 0 Å². The van der Waals surface area contributed by atoms with Gasteiger partial charge >= 0.3 is 5.97 Å². The van der Waals surface area contributed by atoms with E-state index in [-0.39, 0.29) is 12.3 Å². The van der Waals surface area contributed by atoms with E-state index in [1.165, 1.54) is 0 Å². The van der Waals surface area contributed by atoms with Gasteiger partial charge in [-0.05, 0) is 30.4 Å². The summed E-state index contributed by atoms with van der Waals surface area (Å²) in [5, 5.41) is 10.1. The number of hydrogen-bond donors (Lipinski definition) is 1. The van der Waals surface area contributed by atoms with E-state index in [0.29, 0.717) is 5.92 Å². The number of benzene rings is 1. The Morgan fingerprint density at radius 1 is 1.41 bits per heavy atom. The lowest BCUT2D eigenvalue weighted by Gasteiger charge is -2.14. The molecule has 2 aromatic rings. The third-order valence-corrected chi connectivity index (χ3v) is 3.49. The van der Waals surface area contributed by atoms with Crippen LogP contribution in [-0.4, -0.2) is 11.1 Å². The molecule has 1 saturated carbocycles. The fourth-order valence-electron chi connectivity index (χ4n) is 2.53. The maximum Gasteiger partial charge on any atom is 0.303 e. The molecule has 1 atom stereocenters. The van der Waals surface area contributed by atoms with Gasteiger partial charge < -0.3 is 9.52 Å². The predicted octanol–water partition coefficient (Wildman–Crippen LogP) is 3.40. The zero-order valence-corrected chi connectivity index (χ0v) is 9.43. The fourth-order valence-corrected chi connectivity index (χ4v) is 2.53.